The van der Waals surface area contributed by atoms with Gasteiger partial charge in [-0.05, 0) is 17.2 Å². The first-order chi connectivity index (χ1) is 13.5. The molecule has 1 N–H and O–H groups in total. The molecule has 146 valence electrons. The molecule has 0 bridgehead atoms. The third-order valence-corrected chi connectivity index (χ3v) is 3.89. The molecule has 4 heteroatoms. The van der Waals surface area contributed by atoms with Crippen LogP contribution in [0, 0.1) is 0 Å². The van der Waals surface area contributed by atoms with Crippen molar-refractivity contribution in [2.45, 2.75) is 6.92 Å². The van der Waals surface area contributed by atoms with Gasteiger partial charge in [0.2, 0.25) is 0 Å². The van der Waals surface area contributed by atoms with Crippen molar-refractivity contribution in [1.82, 2.24) is 0 Å². The minimum absolute atomic E-state index is 0.591. The van der Waals surface area contributed by atoms with Gasteiger partial charge in [-0.15, -0.1) is 13.2 Å². The fraction of sp³-hybridized carbons (Fsp3) is 0.0417. The maximum absolute atomic E-state index is 9.00. The van der Waals surface area contributed by atoms with E-state index in [-0.39, 0.29) is 0 Å². The lowest BCUT2D eigenvalue weighted by atomic mass is 10.1. The van der Waals surface area contributed by atoms with Gasteiger partial charge in [0.15, 0.2) is 0 Å². The van der Waals surface area contributed by atoms with Crippen molar-refractivity contribution >= 4 is 35.2 Å². The summed E-state index contributed by atoms with van der Waals surface area (Å²) >= 11 is 12.0. The summed E-state index contributed by atoms with van der Waals surface area (Å²) < 4.78 is 0. The molecule has 0 heterocycles. The van der Waals surface area contributed by atoms with Gasteiger partial charge in [0.25, 0.3) is 5.97 Å². The molecule has 0 unspecified atom stereocenters. The zero-order valence-electron chi connectivity index (χ0n) is 15.8. The molecule has 0 amide bonds. The average Bonchev–Trinajstić information content (AvgIpc) is 2.73. The molecule has 0 aliphatic heterocycles. The fourth-order valence-electron chi connectivity index (χ4n) is 1.93. The third-order valence-electron chi connectivity index (χ3n) is 3.07. The second kappa shape index (κ2) is 15.3. The molecule has 0 aliphatic rings. The number of rotatable bonds is 2. The van der Waals surface area contributed by atoms with Crippen LogP contribution in [0.2, 0.25) is 10.0 Å². The molecule has 0 saturated heterocycles. The Bertz CT molecular complexity index is 828. The second-order valence-electron chi connectivity index (χ2n) is 5.10. The lowest BCUT2D eigenvalue weighted by Gasteiger charge is -2.04. The first kappa shape index (κ1) is 25.2. The summed E-state index contributed by atoms with van der Waals surface area (Å²) in [4.78, 5) is 9.00. The van der Waals surface area contributed by atoms with Crippen molar-refractivity contribution in [2.24, 2.45) is 0 Å². The molecule has 0 aliphatic carbocycles. The Morgan fingerprint density at radius 3 is 1.75 bits per heavy atom. The Labute approximate surface area is 177 Å². The second-order valence-corrected chi connectivity index (χ2v) is 5.89. The van der Waals surface area contributed by atoms with Crippen LogP contribution in [-0.4, -0.2) is 11.1 Å². The van der Waals surface area contributed by atoms with E-state index >= 15 is 0 Å². The zero-order valence-corrected chi connectivity index (χ0v) is 17.3. The highest BCUT2D eigenvalue weighted by atomic mass is 35.5. The van der Waals surface area contributed by atoms with E-state index in [0.29, 0.717) is 10.0 Å². The van der Waals surface area contributed by atoms with Gasteiger partial charge in [-0.3, -0.25) is 4.79 Å². The highest BCUT2D eigenvalue weighted by Gasteiger charge is 2.05. The van der Waals surface area contributed by atoms with Gasteiger partial charge >= 0.3 is 0 Å². The lowest BCUT2D eigenvalue weighted by molar-refractivity contribution is -0.134. The summed E-state index contributed by atoms with van der Waals surface area (Å²) in [5, 5.41) is 8.62. The lowest BCUT2D eigenvalue weighted by Crippen LogP contribution is -1.79. The molecule has 2 nitrogen and oxygen atoms in total. The molecule has 0 spiro atoms. The van der Waals surface area contributed by atoms with E-state index in [1.165, 1.54) is 5.56 Å². The van der Waals surface area contributed by atoms with Crippen LogP contribution in [0.1, 0.15) is 12.5 Å². The minimum Gasteiger partial charge on any atom is -0.481 e. The van der Waals surface area contributed by atoms with Gasteiger partial charge in [-0.25, -0.2) is 0 Å². The molecule has 0 fully saturated rings. The summed E-state index contributed by atoms with van der Waals surface area (Å²) in [6.45, 7) is 10.7. The van der Waals surface area contributed by atoms with E-state index in [4.69, 9.17) is 33.1 Å². The van der Waals surface area contributed by atoms with Crippen molar-refractivity contribution in [3.8, 4) is 11.1 Å². The SMILES string of the molecule is C=C.C=Cc1ccccc1.CC(=O)O.Clc1cccc(-c2ccccc2)c1Cl. The molecule has 0 radical (unpaired) electrons. The van der Waals surface area contributed by atoms with Crippen molar-refractivity contribution in [3.05, 3.63) is 114 Å². The van der Waals surface area contributed by atoms with E-state index < -0.39 is 5.97 Å². The van der Waals surface area contributed by atoms with Gasteiger partial charge < -0.3 is 5.11 Å². The van der Waals surface area contributed by atoms with E-state index in [1.807, 2.05) is 78.9 Å². The fourth-order valence-corrected chi connectivity index (χ4v) is 2.34. The van der Waals surface area contributed by atoms with Gasteiger partial charge in [-0.1, -0.05) is 109 Å². The maximum Gasteiger partial charge on any atom is 0.300 e. The third kappa shape index (κ3) is 10.4. The molecule has 3 aromatic rings. The van der Waals surface area contributed by atoms with Crippen LogP contribution in [-0.2, 0) is 4.79 Å². The van der Waals surface area contributed by atoms with Crippen LogP contribution in [0.3, 0.4) is 0 Å². The molecule has 3 rings (SSSR count). The minimum atomic E-state index is -0.833. The number of carboxylic acids is 1. The van der Waals surface area contributed by atoms with Crippen molar-refractivity contribution in [1.29, 1.82) is 0 Å². The van der Waals surface area contributed by atoms with E-state index in [2.05, 4.69) is 19.7 Å². The van der Waals surface area contributed by atoms with Gasteiger partial charge in [0, 0.05) is 12.5 Å². The smallest absolute Gasteiger partial charge is 0.300 e. The molecule has 3 aromatic carbocycles. The predicted octanol–water partition coefficient (Wildman–Crippen LogP) is 7.88. The topological polar surface area (TPSA) is 37.3 Å². The summed E-state index contributed by atoms with van der Waals surface area (Å²) in [6.07, 6.45) is 1.83. The summed E-state index contributed by atoms with van der Waals surface area (Å²) in [5.41, 5.74) is 3.23. The number of aliphatic carboxylic acids is 1. The Balaban J connectivity index is 0.000000441. The van der Waals surface area contributed by atoms with Crippen molar-refractivity contribution in [3.63, 3.8) is 0 Å². The standard InChI is InChI=1S/C12H8Cl2.C8H8.C2H4O2.C2H4/c13-11-8-4-7-10(12(11)14)9-5-2-1-3-6-9;1-2-8-6-4-3-5-7-8;1-2(3)4;1-2/h1-8H;2-7H,1H2;1H3,(H,3,4);1-2H2. The summed E-state index contributed by atoms with van der Waals surface area (Å²) in [6, 6.07) is 25.6. The van der Waals surface area contributed by atoms with Gasteiger partial charge in [-0.2, -0.15) is 0 Å². The molecule has 28 heavy (non-hydrogen) atoms. The van der Waals surface area contributed by atoms with Crippen LogP contribution in [0.15, 0.2) is 98.6 Å². The normalized spacial score (nSPS) is 8.54. The highest BCUT2D eigenvalue weighted by molar-refractivity contribution is 6.43. The number of hydrogen-bond donors (Lipinski definition) is 1. The zero-order chi connectivity index (χ0) is 21.4. The Morgan fingerprint density at radius 1 is 0.857 bits per heavy atom. The summed E-state index contributed by atoms with van der Waals surface area (Å²) in [5.74, 6) is -0.833. The van der Waals surface area contributed by atoms with Crippen molar-refractivity contribution < 1.29 is 9.90 Å². The van der Waals surface area contributed by atoms with E-state index in [1.54, 1.807) is 6.07 Å². The maximum atomic E-state index is 9.00. The summed E-state index contributed by atoms with van der Waals surface area (Å²) in [7, 11) is 0. The quantitative estimate of drug-likeness (QED) is 0.432. The van der Waals surface area contributed by atoms with Crippen molar-refractivity contribution in [2.75, 3.05) is 0 Å². The first-order valence-corrected chi connectivity index (χ1v) is 9.07. The van der Waals surface area contributed by atoms with Crippen LogP contribution < -0.4 is 0 Å². The van der Waals surface area contributed by atoms with Crippen LogP contribution in [0.4, 0.5) is 0 Å². The first-order valence-electron chi connectivity index (χ1n) is 8.32. The molecular formula is C24H24Cl2O2. The number of benzene rings is 3. The Kier molecular flexibility index (Phi) is 13.7. The molecule has 0 aromatic heterocycles. The largest absolute Gasteiger partial charge is 0.481 e. The number of carboxylic acid groups (broad SMARTS) is 1. The number of halogens is 2. The van der Waals surface area contributed by atoms with Gasteiger partial charge in [0.1, 0.15) is 0 Å². The molecule has 0 saturated carbocycles. The van der Waals surface area contributed by atoms with Crippen LogP contribution >= 0.6 is 23.2 Å². The van der Waals surface area contributed by atoms with E-state index in [9.17, 15) is 0 Å². The monoisotopic (exact) mass is 414 g/mol. The Morgan fingerprint density at radius 2 is 1.32 bits per heavy atom. The number of carbonyl (C=O) groups is 1. The predicted molar refractivity (Wildman–Crippen MR) is 123 cm³/mol. The average molecular weight is 415 g/mol. The van der Waals surface area contributed by atoms with Crippen LogP contribution in [0.5, 0.6) is 0 Å². The number of hydrogen-bond acceptors (Lipinski definition) is 1. The molecule has 0 atom stereocenters. The Hall–Kier alpha value is -2.81. The van der Waals surface area contributed by atoms with Crippen LogP contribution in [0.25, 0.3) is 17.2 Å². The molecular weight excluding hydrogens is 391 g/mol. The highest BCUT2D eigenvalue weighted by Crippen LogP contribution is 2.32. The van der Waals surface area contributed by atoms with Gasteiger partial charge in [0.05, 0.1) is 10.0 Å². The van der Waals surface area contributed by atoms with E-state index in [0.717, 1.165) is 18.1 Å².